The van der Waals surface area contributed by atoms with Crippen LogP contribution in [0.2, 0.25) is 0 Å². The number of urea groups is 1. The molecule has 1 aromatic heterocycles. The topological polar surface area (TPSA) is 76.0 Å². The molecule has 0 fully saturated rings. The minimum Gasteiger partial charge on any atom is -0.341 e. The van der Waals surface area contributed by atoms with Crippen LogP contribution < -0.4 is 10.6 Å². The van der Waals surface area contributed by atoms with Crippen molar-refractivity contribution in [3.05, 3.63) is 54.6 Å². The highest BCUT2D eigenvalue weighted by atomic mass is 32.2. The third-order valence-electron chi connectivity index (χ3n) is 3.66. The standard InChI is InChI=1S/C18H18N4O2S/c1-12(16(23)21-17(24)19-2)25-18-20-14-10-6-7-11-15(14)22(18)13-8-4-3-5-9-13/h3-12H,1-2H3,(H2,19,21,23,24). The van der Waals surface area contributed by atoms with Crippen molar-refractivity contribution in [2.75, 3.05) is 7.05 Å². The fourth-order valence-corrected chi connectivity index (χ4v) is 3.34. The van der Waals surface area contributed by atoms with E-state index in [2.05, 4.69) is 15.6 Å². The number of benzene rings is 2. The number of carbonyl (C=O) groups is 2. The summed E-state index contributed by atoms with van der Waals surface area (Å²) in [6, 6.07) is 17.2. The van der Waals surface area contributed by atoms with Gasteiger partial charge in [0.05, 0.1) is 16.3 Å². The number of imidazole rings is 1. The molecule has 0 radical (unpaired) electrons. The molecular formula is C18H18N4O2S. The summed E-state index contributed by atoms with van der Waals surface area (Å²) in [6.45, 7) is 1.75. The minimum atomic E-state index is -0.519. The summed E-state index contributed by atoms with van der Waals surface area (Å²) in [7, 11) is 1.47. The first kappa shape index (κ1) is 17.0. The van der Waals surface area contributed by atoms with Gasteiger partial charge in [0.1, 0.15) is 0 Å². The number of rotatable bonds is 4. The van der Waals surface area contributed by atoms with E-state index in [1.54, 1.807) is 6.92 Å². The van der Waals surface area contributed by atoms with E-state index in [4.69, 9.17) is 0 Å². The molecule has 0 saturated carbocycles. The van der Waals surface area contributed by atoms with Gasteiger partial charge < -0.3 is 5.32 Å². The van der Waals surface area contributed by atoms with Gasteiger partial charge in [-0.2, -0.15) is 0 Å². The Morgan fingerprint density at radius 2 is 1.76 bits per heavy atom. The third kappa shape index (κ3) is 3.66. The van der Waals surface area contributed by atoms with Crippen molar-refractivity contribution in [1.82, 2.24) is 20.2 Å². The smallest absolute Gasteiger partial charge is 0.321 e. The first-order valence-corrected chi connectivity index (χ1v) is 8.70. The summed E-state index contributed by atoms with van der Waals surface area (Å²) >= 11 is 1.31. The van der Waals surface area contributed by atoms with E-state index in [-0.39, 0.29) is 5.91 Å². The Bertz CT molecular complexity index is 908. The summed E-state index contributed by atoms with van der Waals surface area (Å²) in [5, 5.41) is 4.89. The van der Waals surface area contributed by atoms with Crippen molar-refractivity contribution >= 4 is 34.7 Å². The lowest BCUT2D eigenvalue weighted by Gasteiger charge is -2.13. The second kappa shape index (κ2) is 7.40. The Hall–Kier alpha value is -2.80. The molecule has 6 nitrogen and oxygen atoms in total. The van der Waals surface area contributed by atoms with Crippen molar-refractivity contribution in [1.29, 1.82) is 0 Å². The monoisotopic (exact) mass is 354 g/mol. The van der Waals surface area contributed by atoms with Gasteiger partial charge in [-0.15, -0.1) is 0 Å². The van der Waals surface area contributed by atoms with Crippen molar-refractivity contribution in [3.8, 4) is 5.69 Å². The lowest BCUT2D eigenvalue weighted by atomic mass is 10.3. The molecule has 7 heteroatoms. The number of nitrogens with zero attached hydrogens (tertiary/aromatic N) is 2. The summed E-state index contributed by atoms with van der Waals surface area (Å²) in [5.41, 5.74) is 2.79. The van der Waals surface area contributed by atoms with Gasteiger partial charge >= 0.3 is 6.03 Å². The van der Waals surface area contributed by atoms with Crippen LogP contribution >= 0.6 is 11.8 Å². The Morgan fingerprint density at radius 3 is 2.48 bits per heavy atom. The van der Waals surface area contributed by atoms with Crippen LogP contribution in [0.4, 0.5) is 4.79 Å². The number of imide groups is 1. The van der Waals surface area contributed by atoms with Gasteiger partial charge in [0.2, 0.25) is 5.91 Å². The average molecular weight is 354 g/mol. The molecule has 0 aliphatic carbocycles. The molecule has 0 saturated heterocycles. The van der Waals surface area contributed by atoms with E-state index in [0.29, 0.717) is 5.16 Å². The maximum atomic E-state index is 12.1. The van der Waals surface area contributed by atoms with Crippen molar-refractivity contribution in [3.63, 3.8) is 0 Å². The Labute approximate surface area is 149 Å². The normalized spacial score (nSPS) is 11.9. The Kier molecular flexibility index (Phi) is 5.04. The lowest BCUT2D eigenvalue weighted by Crippen LogP contribution is -2.41. The molecule has 25 heavy (non-hydrogen) atoms. The van der Waals surface area contributed by atoms with E-state index >= 15 is 0 Å². The van der Waals surface area contributed by atoms with Crippen molar-refractivity contribution in [2.45, 2.75) is 17.3 Å². The van der Waals surface area contributed by atoms with Crippen molar-refractivity contribution < 1.29 is 9.59 Å². The zero-order chi connectivity index (χ0) is 17.8. The highest BCUT2D eigenvalue weighted by Gasteiger charge is 2.21. The van der Waals surface area contributed by atoms with Gasteiger partial charge in [-0.05, 0) is 31.2 Å². The zero-order valence-corrected chi connectivity index (χ0v) is 14.7. The van der Waals surface area contributed by atoms with Crippen LogP contribution in [0.5, 0.6) is 0 Å². The number of amides is 3. The first-order valence-electron chi connectivity index (χ1n) is 7.82. The molecule has 3 rings (SSSR count). The molecule has 2 N–H and O–H groups in total. The lowest BCUT2D eigenvalue weighted by molar-refractivity contribution is -0.119. The van der Waals surface area contributed by atoms with Crippen LogP contribution in [0.1, 0.15) is 6.92 Å². The third-order valence-corrected chi connectivity index (χ3v) is 4.71. The maximum absolute atomic E-state index is 12.1. The number of fused-ring (bicyclic) bond motifs is 1. The van der Waals surface area contributed by atoms with E-state index in [0.717, 1.165) is 16.7 Å². The number of aromatic nitrogens is 2. The quantitative estimate of drug-likeness (QED) is 0.706. The van der Waals surface area contributed by atoms with E-state index < -0.39 is 11.3 Å². The molecular weight excluding hydrogens is 336 g/mol. The molecule has 0 aliphatic rings. The first-order chi connectivity index (χ1) is 12.1. The summed E-state index contributed by atoms with van der Waals surface area (Å²) in [6.07, 6.45) is 0. The maximum Gasteiger partial charge on any atom is 0.321 e. The molecule has 0 spiro atoms. The molecule has 1 heterocycles. The molecule has 2 aromatic carbocycles. The van der Waals surface area contributed by atoms with Gasteiger partial charge in [0.15, 0.2) is 5.16 Å². The number of nitrogens with one attached hydrogen (secondary N) is 2. The van der Waals surface area contributed by atoms with Crippen LogP contribution in [0.25, 0.3) is 16.7 Å². The minimum absolute atomic E-state index is 0.365. The van der Waals surface area contributed by atoms with Crippen molar-refractivity contribution in [2.24, 2.45) is 0 Å². The number of para-hydroxylation sites is 3. The number of thioether (sulfide) groups is 1. The second-order valence-corrected chi connectivity index (χ2v) is 6.69. The van der Waals surface area contributed by atoms with Gasteiger partial charge in [-0.1, -0.05) is 42.1 Å². The highest BCUT2D eigenvalue weighted by molar-refractivity contribution is 8.00. The summed E-state index contributed by atoms with van der Waals surface area (Å²) < 4.78 is 2.02. The van der Waals surface area contributed by atoms with Crippen LogP contribution in [0.15, 0.2) is 59.8 Å². The van der Waals surface area contributed by atoms with Gasteiger partial charge in [-0.3, -0.25) is 14.7 Å². The molecule has 1 unspecified atom stereocenters. The largest absolute Gasteiger partial charge is 0.341 e. The fourth-order valence-electron chi connectivity index (χ4n) is 2.40. The van der Waals surface area contributed by atoms with Gasteiger partial charge in [0, 0.05) is 12.7 Å². The van der Waals surface area contributed by atoms with Gasteiger partial charge in [0.25, 0.3) is 0 Å². The number of hydrogen-bond donors (Lipinski definition) is 2. The molecule has 0 bridgehead atoms. The van der Waals surface area contributed by atoms with Crippen LogP contribution in [0, 0.1) is 0 Å². The predicted octanol–water partition coefficient (Wildman–Crippen LogP) is 2.96. The SMILES string of the molecule is CNC(=O)NC(=O)C(C)Sc1nc2ccccc2n1-c1ccccc1. The second-order valence-electron chi connectivity index (χ2n) is 5.38. The number of hydrogen-bond acceptors (Lipinski definition) is 4. The van der Waals surface area contributed by atoms with Crippen LogP contribution in [-0.4, -0.2) is 33.8 Å². The van der Waals surface area contributed by atoms with E-state index in [1.807, 2.05) is 59.2 Å². The molecule has 3 amide bonds. The van der Waals surface area contributed by atoms with Gasteiger partial charge in [-0.25, -0.2) is 9.78 Å². The molecule has 1 atom stereocenters. The average Bonchev–Trinajstić information content (AvgIpc) is 2.99. The van der Waals surface area contributed by atoms with E-state index in [9.17, 15) is 9.59 Å². The Morgan fingerprint density at radius 1 is 1.08 bits per heavy atom. The Balaban J connectivity index is 1.96. The highest BCUT2D eigenvalue weighted by Crippen LogP contribution is 2.30. The summed E-state index contributed by atoms with van der Waals surface area (Å²) in [5.74, 6) is -0.365. The molecule has 128 valence electrons. The molecule has 0 aliphatic heterocycles. The molecule has 3 aromatic rings. The van der Waals surface area contributed by atoms with Crippen LogP contribution in [-0.2, 0) is 4.79 Å². The summed E-state index contributed by atoms with van der Waals surface area (Å²) in [4.78, 5) is 28.1. The van der Waals surface area contributed by atoms with Crippen LogP contribution in [0.3, 0.4) is 0 Å². The zero-order valence-electron chi connectivity index (χ0n) is 13.9. The predicted molar refractivity (Wildman–Crippen MR) is 99.0 cm³/mol. The number of carbonyl (C=O) groups excluding carboxylic acids is 2. The van der Waals surface area contributed by atoms with E-state index in [1.165, 1.54) is 18.8 Å². The fraction of sp³-hybridized carbons (Fsp3) is 0.167.